The van der Waals surface area contributed by atoms with E-state index in [1.165, 1.54) is 24.6 Å². The Balaban J connectivity index is 1.73. The summed E-state index contributed by atoms with van der Waals surface area (Å²) in [7, 11) is 0. The molecule has 1 aromatic heterocycles. The van der Waals surface area contributed by atoms with Crippen LogP contribution in [0.5, 0.6) is 0 Å². The average Bonchev–Trinajstić information content (AvgIpc) is 2.61. The van der Waals surface area contributed by atoms with Crippen molar-refractivity contribution in [3.63, 3.8) is 0 Å². The van der Waals surface area contributed by atoms with Gasteiger partial charge >= 0.3 is 6.18 Å². The summed E-state index contributed by atoms with van der Waals surface area (Å²) in [6.07, 6.45) is -0.630. The second-order valence-corrected chi connectivity index (χ2v) is 6.59. The van der Waals surface area contributed by atoms with Gasteiger partial charge in [0.25, 0.3) is 5.91 Å². The lowest BCUT2D eigenvalue weighted by Crippen LogP contribution is -2.34. The number of aromatic nitrogens is 1. The summed E-state index contributed by atoms with van der Waals surface area (Å²) in [5.74, 6) is -0.0640. The fraction of sp³-hybridized carbons (Fsp3) is 0.368. The van der Waals surface area contributed by atoms with E-state index in [0.29, 0.717) is 5.92 Å². The molecule has 3 rings (SSSR count). The van der Waals surface area contributed by atoms with E-state index in [4.69, 9.17) is 0 Å². The van der Waals surface area contributed by atoms with Crippen LogP contribution in [0.2, 0.25) is 0 Å². The Hall–Kier alpha value is -2.57. The second kappa shape index (κ2) is 7.35. The molecule has 1 fully saturated rings. The molecule has 1 N–H and O–H groups in total. The van der Waals surface area contributed by atoms with E-state index in [1.807, 2.05) is 0 Å². The summed E-state index contributed by atoms with van der Waals surface area (Å²) in [6, 6.07) is 8.22. The highest BCUT2D eigenvalue weighted by atomic mass is 19.4. The number of halogens is 3. The molecule has 1 aliphatic heterocycles. The van der Waals surface area contributed by atoms with Crippen molar-refractivity contribution in [2.24, 2.45) is 5.92 Å². The molecule has 7 heteroatoms. The first-order valence-corrected chi connectivity index (χ1v) is 8.53. The minimum absolute atomic E-state index is 0.0794. The number of anilines is 2. The summed E-state index contributed by atoms with van der Waals surface area (Å²) in [4.78, 5) is 18.6. The first-order valence-electron chi connectivity index (χ1n) is 8.53. The molecule has 0 radical (unpaired) electrons. The number of nitrogens with one attached hydrogen (secondary N) is 1. The SMILES string of the molecule is CC1CCCN(c2ccc(C(=O)Nc3ccccc3C(F)(F)F)nc2)C1. The summed E-state index contributed by atoms with van der Waals surface area (Å²) in [5, 5.41) is 2.30. The van der Waals surface area contributed by atoms with Crippen molar-refractivity contribution >= 4 is 17.3 Å². The molecule has 0 bridgehead atoms. The van der Waals surface area contributed by atoms with Gasteiger partial charge in [0.1, 0.15) is 5.69 Å². The van der Waals surface area contributed by atoms with Crippen LogP contribution in [0.25, 0.3) is 0 Å². The lowest BCUT2D eigenvalue weighted by Gasteiger charge is -2.32. The number of amides is 1. The van der Waals surface area contributed by atoms with E-state index in [-0.39, 0.29) is 11.4 Å². The zero-order valence-electron chi connectivity index (χ0n) is 14.4. The molecule has 1 aromatic carbocycles. The molecular formula is C19H20F3N3O. The van der Waals surface area contributed by atoms with Crippen molar-refractivity contribution in [2.75, 3.05) is 23.3 Å². The fourth-order valence-corrected chi connectivity index (χ4v) is 3.16. The van der Waals surface area contributed by atoms with Gasteiger partial charge in [0.05, 0.1) is 23.1 Å². The monoisotopic (exact) mass is 363 g/mol. The quantitative estimate of drug-likeness (QED) is 0.868. The number of carbonyl (C=O) groups is 1. The van der Waals surface area contributed by atoms with Gasteiger partial charge in [-0.25, -0.2) is 4.98 Å². The number of rotatable bonds is 3. The summed E-state index contributed by atoms with van der Waals surface area (Å²) >= 11 is 0. The van der Waals surface area contributed by atoms with Crippen LogP contribution < -0.4 is 10.2 Å². The van der Waals surface area contributed by atoms with Gasteiger partial charge in [-0.3, -0.25) is 4.79 Å². The Bertz CT molecular complexity index is 774. The summed E-state index contributed by atoms with van der Waals surface area (Å²) in [6.45, 7) is 4.07. The van der Waals surface area contributed by atoms with Crippen LogP contribution in [0.1, 0.15) is 35.8 Å². The zero-order valence-corrected chi connectivity index (χ0v) is 14.4. The third-order valence-electron chi connectivity index (χ3n) is 4.48. The topological polar surface area (TPSA) is 45.2 Å². The number of hydrogen-bond acceptors (Lipinski definition) is 3. The molecule has 1 aliphatic rings. The number of nitrogens with zero attached hydrogens (tertiary/aromatic N) is 2. The van der Waals surface area contributed by atoms with Gasteiger partial charge < -0.3 is 10.2 Å². The molecular weight excluding hydrogens is 343 g/mol. The first-order chi connectivity index (χ1) is 12.3. The lowest BCUT2D eigenvalue weighted by atomic mass is 10.00. The van der Waals surface area contributed by atoms with Crippen molar-refractivity contribution in [1.82, 2.24) is 4.98 Å². The molecule has 138 valence electrons. The van der Waals surface area contributed by atoms with Gasteiger partial charge in [0, 0.05) is 13.1 Å². The first kappa shape index (κ1) is 18.2. The van der Waals surface area contributed by atoms with Crippen molar-refractivity contribution in [3.8, 4) is 0 Å². The molecule has 1 saturated heterocycles. The number of hydrogen-bond donors (Lipinski definition) is 1. The minimum Gasteiger partial charge on any atom is -0.370 e. The van der Waals surface area contributed by atoms with Crippen LogP contribution in [0.15, 0.2) is 42.6 Å². The van der Waals surface area contributed by atoms with E-state index in [2.05, 4.69) is 22.1 Å². The third kappa shape index (κ3) is 4.15. The summed E-state index contributed by atoms with van der Waals surface area (Å²) < 4.78 is 39.1. The molecule has 0 saturated carbocycles. The molecule has 0 aliphatic carbocycles. The standard InChI is InChI=1S/C19H20F3N3O/c1-13-5-4-10-25(12-13)14-8-9-17(23-11-14)18(26)24-16-7-3-2-6-15(16)19(20,21)22/h2-3,6-9,11,13H,4-5,10,12H2,1H3,(H,24,26). The van der Waals surface area contributed by atoms with E-state index in [1.54, 1.807) is 18.3 Å². The van der Waals surface area contributed by atoms with E-state index < -0.39 is 17.6 Å². The molecule has 4 nitrogen and oxygen atoms in total. The Morgan fingerprint density at radius 1 is 1.23 bits per heavy atom. The van der Waals surface area contributed by atoms with E-state index >= 15 is 0 Å². The number of alkyl halides is 3. The van der Waals surface area contributed by atoms with Crippen molar-refractivity contribution in [3.05, 3.63) is 53.9 Å². The van der Waals surface area contributed by atoms with Crippen molar-refractivity contribution in [2.45, 2.75) is 25.9 Å². The van der Waals surface area contributed by atoms with Crippen LogP contribution in [-0.2, 0) is 6.18 Å². The van der Waals surface area contributed by atoms with E-state index in [9.17, 15) is 18.0 Å². The van der Waals surface area contributed by atoms with Crippen LogP contribution in [0.3, 0.4) is 0 Å². The van der Waals surface area contributed by atoms with Crippen LogP contribution in [-0.4, -0.2) is 24.0 Å². The molecule has 2 heterocycles. The van der Waals surface area contributed by atoms with Gasteiger partial charge in [-0.05, 0) is 43.0 Å². The van der Waals surface area contributed by atoms with E-state index in [0.717, 1.165) is 31.3 Å². The highest BCUT2D eigenvalue weighted by Crippen LogP contribution is 2.34. The van der Waals surface area contributed by atoms with Gasteiger partial charge in [-0.2, -0.15) is 13.2 Å². The second-order valence-electron chi connectivity index (χ2n) is 6.59. The number of benzene rings is 1. The van der Waals surface area contributed by atoms with Gasteiger partial charge in [-0.15, -0.1) is 0 Å². The molecule has 1 amide bonds. The maximum atomic E-state index is 13.0. The van der Waals surface area contributed by atoms with Gasteiger partial charge in [0.2, 0.25) is 0 Å². The van der Waals surface area contributed by atoms with Crippen molar-refractivity contribution in [1.29, 1.82) is 0 Å². The summed E-state index contributed by atoms with van der Waals surface area (Å²) in [5.41, 5.74) is -0.160. The minimum atomic E-state index is -4.54. The zero-order chi connectivity index (χ0) is 18.7. The predicted molar refractivity (Wildman–Crippen MR) is 94.2 cm³/mol. The molecule has 0 spiro atoms. The third-order valence-corrected chi connectivity index (χ3v) is 4.48. The van der Waals surface area contributed by atoms with Crippen molar-refractivity contribution < 1.29 is 18.0 Å². The molecule has 26 heavy (non-hydrogen) atoms. The molecule has 1 atom stereocenters. The Morgan fingerprint density at radius 3 is 2.65 bits per heavy atom. The fourth-order valence-electron chi connectivity index (χ4n) is 3.16. The number of carbonyl (C=O) groups excluding carboxylic acids is 1. The van der Waals surface area contributed by atoms with Crippen LogP contribution in [0, 0.1) is 5.92 Å². The highest BCUT2D eigenvalue weighted by Gasteiger charge is 2.33. The number of piperidine rings is 1. The highest BCUT2D eigenvalue weighted by molar-refractivity contribution is 6.03. The molecule has 1 unspecified atom stereocenters. The maximum Gasteiger partial charge on any atom is 0.418 e. The van der Waals surface area contributed by atoms with Gasteiger partial charge in [-0.1, -0.05) is 19.1 Å². The number of pyridine rings is 1. The lowest BCUT2D eigenvalue weighted by molar-refractivity contribution is -0.136. The Labute approximate surface area is 150 Å². The predicted octanol–water partition coefficient (Wildman–Crippen LogP) is 4.59. The average molecular weight is 363 g/mol. The van der Waals surface area contributed by atoms with Gasteiger partial charge in [0.15, 0.2) is 0 Å². The normalized spacial score (nSPS) is 17.8. The Kier molecular flexibility index (Phi) is 5.15. The maximum absolute atomic E-state index is 13.0. The van der Waals surface area contributed by atoms with Crippen LogP contribution >= 0.6 is 0 Å². The molecule has 2 aromatic rings. The Morgan fingerprint density at radius 2 is 2.00 bits per heavy atom. The smallest absolute Gasteiger partial charge is 0.370 e. The number of para-hydroxylation sites is 1. The van der Waals surface area contributed by atoms with Crippen LogP contribution in [0.4, 0.5) is 24.5 Å². The largest absolute Gasteiger partial charge is 0.418 e.